The molecule has 1 N–H and O–H groups in total. The quantitative estimate of drug-likeness (QED) is 0.488. The first-order chi connectivity index (χ1) is 7.88. The van der Waals surface area contributed by atoms with E-state index in [1.54, 1.807) is 4.98 Å². The topological polar surface area (TPSA) is 102 Å². The maximum atomic E-state index is 12.3. The van der Waals surface area contributed by atoms with Crippen molar-refractivity contribution in [2.24, 2.45) is 0 Å². The van der Waals surface area contributed by atoms with Crippen molar-refractivity contribution in [1.82, 2.24) is 4.98 Å². The molecule has 0 amide bonds. The number of aromatic amines is 1. The number of esters is 1. The molecule has 0 aliphatic heterocycles. The number of H-pyrrole nitrogens is 1. The molecule has 0 saturated heterocycles. The van der Waals surface area contributed by atoms with Crippen molar-refractivity contribution in [3.05, 3.63) is 37.7 Å². The van der Waals surface area contributed by atoms with Crippen LogP contribution in [0, 0.1) is 10.1 Å². The van der Waals surface area contributed by atoms with Crippen LogP contribution in [0.3, 0.4) is 0 Å². The Morgan fingerprint density at radius 1 is 1.59 bits per heavy atom. The summed E-state index contributed by atoms with van der Waals surface area (Å²) in [6.07, 6.45) is -3.09. The van der Waals surface area contributed by atoms with Crippen molar-refractivity contribution >= 4 is 11.8 Å². The van der Waals surface area contributed by atoms with E-state index in [0.29, 0.717) is 6.07 Å². The van der Waals surface area contributed by atoms with Crippen LogP contribution in [0.25, 0.3) is 0 Å². The zero-order valence-corrected chi connectivity index (χ0v) is 8.40. The number of hydrogen-bond acceptors (Lipinski definition) is 5. The van der Waals surface area contributed by atoms with Gasteiger partial charge in [0.1, 0.15) is 0 Å². The number of nitrogens with one attached hydrogen (secondary N) is 1. The summed E-state index contributed by atoms with van der Waals surface area (Å²) in [5.41, 5.74) is -3.05. The van der Waals surface area contributed by atoms with E-state index in [0.717, 1.165) is 7.11 Å². The Bertz CT molecular complexity index is 525. The Labute approximate surface area is 92.2 Å². The Morgan fingerprint density at radius 3 is 2.59 bits per heavy atom. The monoisotopic (exact) mass is 248 g/mol. The second-order valence-electron chi connectivity index (χ2n) is 2.86. The second kappa shape index (κ2) is 4.68. The Morgan fingerprint density at radius 2 is 2.18 bits per heavy atom. The van der Waals surface area contributed by atoms with Gasteiger partial charge in [0.25, 0.3) is 6.43 Å². The summed E-state index contributed by atoms with van der Waals surface area (Å²) >= 11 is 0. The number of rotatable bonds is 3. The van der Waals surface area contributed by atoms with Gasteiger partial charge >= 0.3 is 11.8 Å². The summed E-state index contributed by atoms with van der Waals surface area (Å²) in [5.74, 6) is -2.38. The molecule has 0 saturated carbocycles. The average molecular weight is 248 g/mol. The summed E-state index contributed by atoms with van der Waals surface area (Å²) < 4.78 is 28.7. The molecule has 92 valence electrons. The van der Waals surface area contributed by atoms with Gasteiger partial charge in [-0.1, -0.05) is 0 Å². The summed E-state index contributed by atoms with van der Waals surface area (Å²) in [4.78, 5) is 33.5. The smallest absolute Gasteiger partial charge is 0.350 e. The minimum absolute atomic E-state index is 0.421. The van der Waals surface area contributed by atoms with Crippen molar-refractivity contribution < 1.29 is 23.2 Å². The van der Waals surface area contributed by atoms with E-state index in [-0.39, 0.29) is 0 Å². The highest BCUT2D eigenvalue weighted by Gasteiger charge is 2.27. The van der Waals surface area contributed by atoms with Crippen molar-refractivity contribution in [3.8, 4) is 0 Å². The van der Waals surface area contributed by atoms with E-state index in [4.69, 9.17) is 0 Å². The minimum atomic E-state index is -3.09. The SMILES string of the molecule is COC(=O)c1c([N+](=O)[O-])[nH]c(C(F)F)cc1=O. The molecule has 1 aromatic heterocycles. The molecular formula is C8H6F2N2O5. The van der Waals surface area contributed by atoms with Crippen LogP contribution < -0.4 is 5.43 Å². The third kappa shape index (κ3) is 2.44. The number of nitrogens with zero attached hydrogens (tertiary/aromatic N) is 1. The first-order valence-electron chi connectivity index (χ1n) is 4.16. The van der Waals surface area contributed by atoms with E-state index in [1.165, 1.54) is 0 Å². The van der Waals surface area contributed by atoms with Crippen molar-refractivity contribution in [3.63, 3.8) is 0 Å². The van der Waals surface area contributed by atoms with Gasteiger partial charge in [-0.15, -0.1) is 0 Å². The lowest BCUT2D eigenvalue weighted by Crippen LogP contribution is -2.20. The predicted octanol–water partition coefficient (Wildman–Crippen LogP) is 1.01. The maximum Gasteiger partial charge on any atom is 0.350 e. The van der Waals surface area contributed by atoms with Crippen LogP contribution in [0.2, 0.25) is 0 Å². The fraction of sp³-hybridized carbons (Fsp3) is 0.250. The van der Waals surface area contributed by atoms with Crippen LogP contribution in [-0.2, 0) is 4.74 Å². The molecule has 7 nitrogen and oxygen atoms in total. The number of methoxy groups -OCH3 is 1. The zero-order valence-electron chi connectivity index (χ0n) is 8.40. The lowest BCUT2D eigenvalue weighted by Gasteiger charge is -2.03. The van der Waals surface area contributed by atoms with Crippen molar-refractivity contribution in [2.45, 2.75) is 6.43 Å². The number of pyridine rings is 1. The van der Waals surface area contributed by atoms with Crippen molar-refractivity contribution in [1.29, 1.82) is 0 Å². The Kier molecular flexibility index (Phi) is 3.51. The van der Waals surface area contributed by atoms with Gasteiger partial charge in [0.15, 0.2) is 11.3 Å². The highest BCUT2D eigenvalue weighted by Crippen LogP contribution is 2.20. The number of aromatic nitrogens is 1. The molecule has 0 bridgehead atoms. The first kappa shape index (κ1) is 12.7. The lowest BCUT2D eigenvalue weighted by molar-refractivity contribution is -0.390. The standard InChI is InChI=1S/C8H6F2N2O5/c1-17-8(14)5-4(13)2-3(6(9)10)11-7(5)12(15)16/h2,6H,1H3,(H,11,13). The third-order valence-electron chi connectivity index (χ3n) is 1.84. The van der Waals surface area contributed by atoms with Crippen LogP contribution in [-0.4, -0.2) is 23.0 Å². The Hall–Kier alpha value is -2.32. The molecule has 1 heterocycles. The van der Waals surface area contributed by atoms with Crippen molar-refractivity contribution in [2.75, 3.05) is 7.11 Å². The lowest BCUT2D eigenvalue weighted by atomic mass is 10.2. The van der Waals surface area contributed by atoms with Gasteiger partial charge in [-0.05, 0) is 4.92 Å². The van der Waals surface area contributed by atoms with E-state index < -0.39 is 39.8 Å². The predicted molar refractivity (Wildman–Crippen MR) is 50.0 cm³/mol. The fourth-order valence-electron chi connectivity index (χ4n) is 1.12. The number of halogens is 2. The van der Waals surface area contributed by atoms with Crippen LogP contribution >= 0.6 is 0 Å². The minimum Gasteiger partial charge on any atom is -0.465 e. The highest BCUT2D eigenvalue weighted by atomic mass is 19.3. The van der Waals surface area contributed by atoms with Gasteiger partial charge in [-0.2, -0.15) is 0 Å². The van der Waals surface area contributed by atoms with Gasteiger partial charge in [0.05, 0.1) is 7.11 Å². The average Bonchev–Trinajstić information content (AvgIpc) is 2.26. The molecule has 9 heteroatoms. The van der Waals surface area contributed by atoms with Crippen LogP contribution in [0.5, 0.6) is 0 Å². The van der Waals surface area contributed by atoms with E-state index >= 15 is 0 Å². The zero-order chi connectivity index (χ0) is 13.2. The molecule has 1 aromatic rings. The maximum absolute atomic E-state index is 12.3. The van der Waals surface area contributed by atoms with Gasteiger partial charge in [0, 0.05) is 6.07 Å². The van der Waals surface area contributed by atoms with Crippen LogP contribution in [0.1, 0.15) is 22.5 Å². The van der Waals surface area contributed by atoms with Gasteiger partial charge in [0.2, 0.25) is 5.43 Å². The van der Waals surface area contributed by atoms with Gasteiger partial charge in [-0.3, -0.25) is 4.79 Å². The largest absolute Gasteiger partial charge is 0.465 e. The summed E-state index contributed by atoms with van der Waals surface area (Å²) in [6.45, 7) is 0. The van der Waals surface area contributed by atoms with Crippen LogP contribution in [0.4, 0.5) is 14.6 Å². The molecule has 17 heavy (non-hydrogen) atoms. The molecule has 0 radical (unpaired) electrons. The number of alkyl halides is 2. The summed E-state index contributed by atoms with van der Waals surface area (Å²) in [6, 6.07) is 0.421. The Balaban J connectivity index is 3.55. The molecule has 0 aliphatic rings. The number of hydrogen-bond donors (Lipinski definition) is 1. The van der Waals surface area contributed by atoms with Gasteiger partial charge in [-0.25, -0.2) is 18.6 Å². The summed E-state index contributed by atoms with van der Waals surface area (Å²) in [5, 5.41) is 10.6. The fourth-order valence-corrected chi connectivity index (χ4v) is 1.12. The number of nitro groups is 1. The number of ether oxygens (including phenoxy) is 1. The second-order valence-corrected chi connectivity index (χ2v) is 2.86. The number of carbonyl (C=O) groups excluding carboxylic acids is 1. The first-order valence-corrected chi connectivity index (χ1v) is 4.16. The molecule has 0 unspecified atom stereocenters. The molecule has 0 spiro atoms. The normalized spacial score (nSPS) is 10.4. The molecular weight excluding hydrogens is 242 g/mol. The molecule has 0 aromatic carbocycles. The molecule has 0 atom stereocenters. The molecule has 0 fully saturated rings. The van der Waals surface area contributed by atoms with Crippen LogP contribution in [0.15, 0.2) is 10.9 Å². The number of carbonyl (C=O) groups is 1. The van der Waals surface area contributed by atoms with E-state index in [9.17, 15) is 28.5 Å². The van der Waals surface area contributed by atoms with E-state index in [1.807, 2.05) is 0 Å². The third-order valence-corrected chi connectivity index (χ3v) is 1.84. The van der Waals surface area contributed by atoms with E-state index in [2.05, 4.69) is 4.74 Å². The highest BCUT2D eigenvalue weighted by molar-refractivity contribution is 5.92. The molecule has 1 rings (SSSR count). The summed E-state index contributed by atoms with van der Waals surface area (Å²) in [7, 11) is 0.909. The molecule has 0 aliphatic carbocycles. The van der Waals surface area contributed by atoms with Gasteiger partial charge < -0.3 is 14.9 Å².